The number of carbonyl (C=O) groups is 1. The summed E-state index contributed by atoms with van der Waals surface area (Å²) >= 11 is 0. The Morgan fingerprint density at radius 1 is 1.57 bits per heavy atom. The van der Waals surface area contributed by atoms with Crippen molar-refractivity contribution in [1.82, 2.24) is 5.32 Å². The minimum Gasteiger partial charge on any atom is -0.449 e. The Morgan fingerprint density at radius 3 is 3.07 bits per heavy atom. The quantitative estimate of drug-likeness (QED) is 0.747. The van der Waals surface area contributed by atoms with Crippen LogP contribution in [-0.4, -0.2) is 19.2 Å². The molecule has 0 saturated heterocycles. The highest BCUT2D eigenvalue weighted by Gasteiger charge is 2.08. The second-order valence-electron chi connectivity index (χ2n) is 3.33. The second kappa shape index (κ2) is 6.24. The highest BCUT2D eigenvalue weighted by Crippen LogP contribution is 2.11. The minimum absolute atomic E-state index is 0.310. The number of hydrogen-bond acceptors (Lipinski definition) is 2. The van der Waals surface area contributed by atoms with Crippen molar-refractivity contribution in [3.63, 3.8) is 0 Å². The summed E-state index contributed by atoms with van der Waals surface area (Å²) < 4.78 is 5.05. The van der Waals surface area contributed by atoms with Crippen LogP contribution in [-0.2, 0) is 4.74 Å². The lowest BCUT2D eigenvalue weighted by Gasteiger charge is -2.13. The van der Waals surface area contributed by atoms with Crippen molar-refractivity contribution < 1.29 is 9.53 Å². The molecule has 0 aromatic carbocycles. The summed E-state index contributed by atoms with van der Waals surface area (Å²) in [6, 6.07) is 0. The molecule has 0 aromatic rings. The van der Waals surface area contributed by atoms with E-state index in [1.165, 1.54) is 0 Å². The first kappa shape index (κ1) is 10.8. The number of rotatable bonds is 4. The third kappa shape index (κ3) is 4.12. The van der Waals surface area contributed by atoms with Crippen molar-refractivity contribution in [2.45, 2.75) is 19.8 Å². The van der Waals surface area contributed by atoms with Gasteiger partial charge in [0.25, 0.3) is 0 Å². The fraction of sp³-hybridized carbons (Fsp3) is 0.545. The summed E-state index contributed by atoms with van der Waals surface area (Å²) in [5, 5.41) is 2.67. The highest BCUT2D eigenvalue weighted by molar-refractivity contribution is 5.67. The Hall–Kier alpha value is -1.25. The maximum Gasteiger partial charge on any atom is 0.407 e. The van der Waals surface area contributed by atoms with Gasteiger partial charge in [0, 0.05) is 12.5 Å². The summed E-state index contributed by atoms with van der Waals surface area (Å²) in [6.07, 6.45) is 9.72. The molecule has 0 aromatic heterocycles. The molecule has 1 amide bonds. The van der Waals surface area contributed by atoms with Gasteiger partial charge in [-0.15, -0.1) is 0 Å². The van der Waals surface area contributed by atoms with Crippen LogP contribution in [0, 0.1) is 5.92 Å². The molecule has 3 heteroatoms. The normalized spacial score (nSPS) is 19.4. The first-order valence-corrected chi connectivity index (χ1v) is 5.07. The van der Waals surface area contributed by atoms with Crippen LogP contribution in [0.25, 0.3) is 0 Å². The number of carbonyl (C=O) groups excluding carboxylic acids is 1. The summed E-state index contributed by atoms with van der Waals surface area (Å²) in [5.41, 5.74) is 0. The lowest BCUT2D eigenvalue weighted by atomic mass is 10.0. The average molecular weight is 195 g/mol. The van der Waals surface area contributed by atoms with Gasteiger partial charge < -0.3 is 10.1 Å². The van der Waals surface area contributed by atoms with Gasteiger partial charge >= 0.3 is 6.09 Å². The van der Waals surface area contributed by atoms with Crippen molar-refractivity contribution in [3.8, 4) is 0 Å². The Labute approximate surface area is 84.8 Å². The van der Waals surface area contributed by atoms with Gasteiger partial charge in [-0.25, -0.2) is 4.79 Å². The number of hydrogen-bond donors (Lipinski definition) is 1. The van der Waals surface area contributed by atoms with Crippen LogP contribution in [0.5, 0.6) is 0 Å². The van der Waals surface area contributed by atoms with E-state index in [4.69, 9.17) is 4.74 Å². The second-order valence-corrected chi connectivity index (χ2v) is 3.33. The van der Waals surface area contributed by atoms with E-state index in [1.54, 1.807) is 0 Å². The molecule has 1 aliphatic rings. The lowest BCUT2D eigenvalue weighted by Crippen LogP contribution is -2.26. The zero-order valence-corrected chi connectivity index (χ0v) is 8.53. The maximum absolute atomic E-state index is 11.1. The summed E-state index contributed by atoms with van der Waals surface area (Å²) in [4.78, 5) is 11.1. The molecule has 0 unspecified atom stereocenters. The maximum atomic E-state index is 11.1. The Balaban J connectivity index is 2.10. The first-order valence-electron chi connectivity index (χ1n) is 5.07. The standard InChI is InChI=1S/C11H17NO2/c1-2-8-12-11(13)14-9-10-6-4-3-5-7-10/h3-6,10H,2,7-9H2,1H3,(H,12,13)/t10-/m1/s1. The van der Waals surface area contributed by atoms with Crippen LogP contribution >= 0.6 is 0 Å². The van der Waals surface area contributed by atoms with Crippen molar-refractivity contribution >= 4 is 6.09 Å². The van der Waals surface area contributed by atoms with Crippen LogP contribution in [0.15, 0.2) is 24.3 Å². The van der Waals surface area contributed by atoms with E-state index in [2.05, 4.69) is 17.5 Å². The van der Waals surface area contributed by atoms with Crippen LogP contribution in [0.4, 0.5) is 4.79 Å². The molecule has 0 radical (unpaired) electrons. The van der Waals surface area contributed by atoms with Gasteiger partial charge in [0.2, 0.25) is 0 Å². The first-order chi connectivity index (χ1) is 6.83. The van der Waals surface area contributed by atoms with E-state index >= 15 is 0 Å². The average Bonchev–Trinajstić information content (AvgIpc) is 2.25. The highest BCUT2D eigenvalue weighted by atomic mass is 16.5. The number of alkyl carbamates (subject to hydrolysis) is 1. The fourth-order valence-corrected chi connectivity index (χ4v) is 1.22. The summed E-state index contributed by atoms with van der Waals surface area (Å²) in [7, 11) is 0. The van der Waals surface area contributed by atoms with Gasteiger partial charge in [0.05, 0.1) is 6.61 Å². The molecule has 0 heterocycles. The van der Waals surface area contributed by atoms with Crippen LogP contribution < -0.4 is 5.32 Å². The van der Waals surface area contributed by atoms with Crippen molar-refractivity contribution in [3.05, 3.63) is 24.3 Å². The number of nitrogens with one attached hydrogen (secondary N) is 1. The van der Waals surface area contributed by atoms with Gasteiger partial charge in [0.1, 0.15) is 0 Å². The number of ether oxygens (including phenoxy) is 1. The van der Waals surface area contributed by atoms with Crippen molar-refractivity contribution in [2.75, 3.05) is 13.2 Å². The Morgan fingerprint density at radius 2 is 2.43 bits per heavy atom. The monoisotopic (exact) mass is 195 g/mol. The van der Waals surface area contributed by atoms with Gasteiger partial charge in [0.15, 0.2) is 0 Å². The van der Waals surface area contributed by atoms with Crippen LogP contribution in [0.2, 0.25) is 0 Å². The predicted octanol–water partition coefficient (Wildman–Crippen LogP) is 2.25. The summed E-state index contributed by atoms with van der Waals surface area (Å²) in [5.74, 6) is 0.340. The van der Waals surface area contributed by atoms with Crippen LogP contribution in [0.1, 0.15) is 19.8 Å². The molecule has 1 N–H and O–H groups in total. The Bertz CT molecular complexity index is 233. The van der Waals surface area contributed by atoms with Crippen molar-refractivity contribution in [2.24, 2.45) is 5.92 Å². The molecular weight excluding hydrogens is 178 g/mol. The SMILES string of the molecule is CCCNC(=O)OC[C@@H]1C=CC=CC1. The van der Waals surface area contributed by atoms with Gasteiger partial charge in [-0.05, 0) is 12.8 Å². The molecular formula is C11H17NO2. The molecule has 1 aliphatic carbocycles. The molecule has 78 valence electrons. The molecule has 0 bridgehead atoms. The zero-order valence-electron chi connectivity index (χ0n) is 8.53. The van der Waals surface area contributed by atoms with Gasteiger partial charge in [-0.1, -0.05) is 31.2 Å². The zero-order chi connectivity index (χ0) is 10.2. The van der Waals surface area contributed by atoms with E-state index in [-0.39, 0.29) is 6.09 Å². The number of amides is 1. The third-order valence-electron chi connectivity index (χ3n) is 2.02. The summed E-state index contributed by atoms with van der Waals surface area (Å²) in [6.45, 7) is 3.16. The smallest absolute Gasteiger partial charge is 0.407 e. The Kier molecular flexibility index (Phi) is 4.83. The number of allylic oxidation sites excluding steroid dienone is 3. The fourth-order valence-electron chi connectivity index (χ4n) is 1.22. The van der Waals surface area contributed by atoms with E-state index in [0.717, 1.165) is 12.8 Å². The van der Waals surface area contributed by atoms with Gasteiger partial charge in [-0.2, -0.15) is 0 Å². The van der Waals surface area contributed by atoms with E-state index < -0.39 is 0 Å². The van der Waals surface area contributed by atoms with Crippen molar-refractivity contribution in [1.29, 1.82) is 0 Å². The lowest BCUT2D eigenvalue weighted by molar-refractivity contribution is 0.135. The molecule has 0 spiro atoms. The predicted molar refractivity (Wildman–Crippen MR) is 56.0 cm³/mol. The third-order valence-corrected chi connectivity index (χ3v) is 2.02. The minimum atomic E-state index is -0.310. The molecule has 14 heavy (non-hydrogen) atoms. The van der Waals surface area contributed by atoms with E-state index in [1.807, 2.05) is 19.1 Å². The molecule has 3 nitrogen and oxygen atoms in total. The van der Waals surface area contributed by atoms with E-state index in [9.17, 15) is 4.79 Å². The molecule has 0 aliphatic heterocycles. The van der Waals surface area contributed by atoms with E-state index in [0.29, 0.717) is 19.1 Å². The molecule has 1 atom stereocenters. The largest absolute Gasteiger partial charge is 0.449 e. The molecule has 0 saturated carbocycles. The van der Waals surface area contributed by atoms with Crippen LogP contribution in [0.3, 0.4) is 0 Å². The van der Waals surface area contributed by atoms with Gasteiger partial charge in [-0.3, -0.25) is 0 Å². The topological polar surface area (TPSA) is 38.3 Å². The molecule has 0 fully saturated rings. The molecule has 1 rings (SSSR count).